The van der Waals surface area contributed by atoms with Gasteiger partial charge >= 0.3 is 12.1 Å². The number of urea groups is 1. The van der Waals surface area contributed by atoms with Gasteiger partial charge < -0.3 is 20.3 Å². The van der Waals surface area contributed by atoms with Crippen LogP contribution in [-0.4, -0.2) is 56.0 Å². The normalized spacial score (nSPS) is 28.3. The van der Waals surface area contributed by atoms with Crippen LogP contribution in [0.4, 0.5) is 14.0 Å². The lowest BCUT2D eigenvalue weighted by Crippen LogP contribution is -2.38. The van der Waals surface area contributed by atoms with Crippen molar-refractivity contribution < 1.29 is 18.7 Å². The van der Waals surface area contributed by atoms with E-state index in [4.69, 9.17) is 9.72 Å². The Balaban J connectivity index is 1.35. The Labute approximate surface area is 204 Å². The minimum atomic E-state index is -1.17. The molecule has 1 aliphatic heterocycles. The second-order valence-electron chi connectivity index (χ2n) is 10.7. The third-order valence-corrected chi connectivity index (χ3v) is 7.63. The number of hydrogen-bond donors (Lipinski definition) is 2. The summed E-state index contributed by atoms with van der Waals surface area (Å²) >= 11 is 0. The number of carbonyl (C=O) groups excluding carboxylic acids is 2. The summed E-state index contributed by atoms with van der Waals surface area (Å²) in [4.78, 5) is 31.4. The number of rotatable bonds is 6. The van der Waals surface area contributed by atoms with E-state index < -0.39 is 11.8 Å². The molecule has 10 heteroatoms. The summed E-state index contributed by atoms with van der Waals surface area (Å²) in [7, 11) is 0. The molecule has 5 rings (SSSR count). The zero-order valence-electron chi connectivity index (χ0n) is 20.5. The second kappa shape index (κ2) is 9.62. The summed E-state index contributed by atoms with van der Waals surface area (Å²) in [6.45, 7) is 4.72. The average Bonchev–Trinajstić information content (AvgIpc) is 3.53. The van der Waals surface area contributed by atoms with Crippen LogP contribution in [-0.2, 0) is 11.3 Å². The standard InChI is InChI=1S/C25H35FN6O3/c1-16-13-31(23(33)28-16)14-17-11-21-29-20(15-32(21)27-12-17)22(18-7-9-25(2,26)10-8-18)30-24(34)35-19-5-3-4-6-19/h11-12,15-16,18-19,22H,3-10,13-14H2,1-2H3,(H,28,33)(H,30,34)/t16-,18?,22+,25?/m1/s1. The van der Waals surface area contributed by atoms with Crippen LogP contribution in [0.1, 0.15) is 82.5 Å². The molecule has 0 radical (unpaired) electrons. The van der Waals surface area contributed by atoms with Gasteiger partial charge in [-0.25, -0.2) is 23.5 Å². The first-order valence-corrected chi connectivity index (χ1v) is 12.8. The predicted octanol–water partition coefficient (Wildman–Crippen LogP) is 4.27. The molecule has 35 heavy (non-hydrogen) atoms. The lowest BCUT2D eigenvalue weighted by molar-refractivity contribution is 0.0757. The van der Waals surface area contributed by atoms with E-state index in [0.717, 1.165) is 31.2 Å². The fourth-order valence-corrected chi connectivity index (χ4v) is 5.62. The van der Waals surface area contributed by atoms with E-state index >= 15 is 0 Å². The number of aromatic nitrogens is 3. The zero-order chi connectivity index (χ0) is 24.6. The molecule has 0 aromatic carbocycles. The maximum absolute atomic E-state index is 14.5. The Morgan fingerprint density at radius 3 is 2.74 bits per heavy atom. The van der Waals surface area contributed by atoms with Gasteiger partial charge in [-0.15, -0.1) is 0 Å². The number of nitrogens with zero attached hydrogens (tertiary/aromatic N) is 4. The quantitative estimate of drug-likeness (QED) is 0.635. The van der Waals surface area contributed by atoms with Crippen molar-refractivity contribution >= 4 is 17.8 Å². The highest BCUT2D eigenvalue weighted by molar-refractivity contribution is 5.76. The summed E-state index contributed by atoms with van der Waals surface area (Å²) in [5.41, 5.74) is 1.06. The molecule has 3 heterocycles. The van der Waals surface area contributed by atoms with Crippen LogP contribution in [0.5, 0.6) is 0 Å². The molecule has 2 aromatic rings. The molecular weight excluding hydrogens is 451 g/mol. The van der Waals surface area contributed by atoms with E-state index in [9.17, 15) is 14.0 Å². The van der Waals surface area contributed by atoms with Gasteiger partial charge in [0.25, 0.3) is 0 Å². The Hall–Kier alpha value is -2.91. The molecule has 190 valence electrons. The highest BCUT2D eigenvalue weighted by atomic mass is 19.1. The van der Waals surface area contributed by atoms with Crippen LogP contribution in [0.25, 0.3) is 5.65 Å². The van der Waals surface area contributed by atoms with Crippen molar-refractivity contribution in [1.82, 2.24) is 30.1 Å². The lowest BCUT2D eigenvalue weighted by atomic mass is 9.77. The molecule has 3 aliphatic rings. The van der Waals surface area contributed by atoms with Crippen molar-refractivity contribution in [1.29, 1.82) is 0 Å². The molecule has 2 aromatic heterocycles. The van der Waals surface area contributed by atoms with Gasteiger partial charge in [-0.3, -0.25) is 0 Å². The molecule has 2 aliphatic carbocycles. The molecule has 3 fully saturated rings. The molecule has 0 unspecified atom stereocenters. The number of halogens is 1. The van der Waals surface area contributed by atoms with E-state index in [2.05, 4.69) is 15.7 Å². The first kappa shape index (κ1) is 23.8. The van der Waals surface area contributed by atoms with Crippen molar-refractivity contribution in [3.8, 4) is 0 Å². The van der Waals surface area contributed by atoms with Gasteiger partial charge in [-0.1, -0.05) is 0 Å². The summed E-state index contributed by atoms with van der Waals surface area (Å²) < 4.78 is 21.8. The van der Waals surface area contributed by atoms with Crippen LogP contribution >= 0.6 is 0 Å². The number of imidazole rings is 1. The Bertz CT molecular complexity index is 1070. The third kappa shape index (κ3) is 5.51. The highest BCUT2D eigenvalue weighted by Crippen LogP contribution is 2.40. The SMILES string of the molecule is C[C@@H]1CN(Cc2cnn3cc([C@@H](NC(=O)OC4CCCC4)C4CCC(C)(F)CC4)nc3c2)C(=O)N1. The molecule has 2 N–H and O–H groups in total. The largest absolute Gasteiger partial charge is 0.446 e. The van der Waals surface area contributed by atoms with Gasteiger partial charge in [0.15, 0.2) is 5.65 Å². The van der Waals surface area contributed by atoms with Gasteiger partial charge in [0, 0.05) is 19.1 Å². The molecular formula is C25H35FN6O3. The van der Waals surface area contributed by atoms with Crippen LogP contribution in [0.2, 0.25) is 0 Å². The fourth-order valence-electron chi connectivity index (χ4n) is 5.62. The molecule has 0 bridgehead atoms. The average molecular weight is 487 g/mol. The Morgan fingerprint density at radius 1 is 1.31 bits per heavy atom. The monoisotopic (exact) mass is 486 g/mol. The van der Waals surface area contributed by atoms with Crippen molar-refractivity contribution in [2.75, 3.05) is 6.54 Å². The fraction of sp³-hybridized carbons (Fsp3) is 0.680. The first-order valence-electron chi connectivity index (χ1n) is 12.8. The van der Waals surface area contributed by atoms with E-state index in [1.165, 1.54) is 0 Å². The summed E-state index contributed by atoms with van der Waals surface area (Å²) in [5, 5.41) is 10.4. The van der Waals surface area contributed by atoms with Crippen molar-refractivity contribution in [3.63, 3.8) is 0 Å². The molecule has 3 amide bonds. The number of amides is 3. The van der Waals surface area contributed by atoms with Crippen LogP contribution < -0.4 is 10.6 Å². The van der Waals surface area contributed by atoms with Gasteiger partial charge in [0.05, 0.1) is 24.1 Å². The first-order chi connectivity index (χ1) is 16.8. The summed E-state index contributed by atoms with van der Waals surface area (Å²) in [6.07, 6.45) is 9.30. The molecule has 2 saturated carbocycles. The smallest absolute Gasteiger partial charge is 0.407 e. The second-order valence-corrected chi connectivity index (χ2v) is 10.7. The van der Waals surface area contributed by atoms with E-state index in [-0.39, 0.29) is 30.1 Å². The van der Waals surface area contributed by atoms with E-state index in [0.29, 0.717) is 50.1 Å². The summed E-state index contributed by atoms with van der Waals surface area (Å²) in [5.74, 6) is 0.0640. The number of alkyl halides is 1. The van der Waals surface area contributed by atoms with Crippen LogP contribution in [0, 0.1) is 5.92 Å². The number of alkyl carbamates (subject to hydrolysis) is 1. The highest BCUT2D eigenvalue weighted by Gasteiger charge is 2.37. The van der Waals surface area contributed by atoms with Crippen molar-refractivity contribution in [2.45, 2.75) is 95.6 Å². The van der Waals surface area contributed by atoms with E-state index in [1.54, 1.807) is 22.5 Å². The lowest BCUT2D eigenvalue weighted by Gasteiger charge is -2.35. The van der Waals surface area contributed by atoms with E-state index in [1.807, 2.05) is 19.2 Å². The molecule has 9 nitrogen and oxygen atoms in total. The van der Waals surface area contributed by atoms with Gasteiger partial charge in [-0.2, -0.15) is 5.10 Å². The van der Waals surface area contributed by atoms with Crippen molar-refractivity contribution in [2.24, 2.45) is 5.92 Å². The number of carbonyl (C=O) groups is 2. The topological polar surface area (TPSA) is 101 Å². The molecule has 0 spiro atoms. The zero-order valence-corrected chi connectivity index (χ0v) is 20.5. The minimum absolute atomic E-state index is 0.0352. The Morgan fingerprint density at radius 2 is 2.06 bits per heavy atom. The van der Waals surface area contributed by atoms with Crippen LogP contribution in [0.15, 0.2) is 18.5 Å². The van der Waals surface area contributed by atoms with Crippen LogP contribution in [0.3, 0.4) is 0 Å². The number of ether oxygens (including phenoxy) is 1. The van der Waals surface area contributed by atoms with Crippen molar-refractivity contribution in [3.05, 3.63) is 29.7 Å². The third-order valence-electron chi connectivity index (χ3n) is 7.63. The number of hydrogen-bond acceptors (Lipinski definition) is 5. The van der Waals surface area contributed by atoms with Gasteiger partial charge in [0.1, 0.15) is 11.8 Å². The number of fused-ring (bicyclic) bond motifs is 1. The molecule has 2 atom stereocenters. The maximum Gasteiger partial charge on any atom is 0.407 e. The maximum atomic E-state index is 14.5. The summed E-state index contributed by atoms with van der Waals surface area (Å²) in [6, 6.07) is 1.58. The predicted molar refractivity (Wildman–Crippen MR) is 127 cm³/mol. The molecule has 1 saturated heterocycles. The minimum Gasteiger partial charge on any atom is -0.446 e. The van der Waals surface area contributed by atoms with Gasteiger partial charge in [0.2, 0.25) is 0 Å². The Kier molecular flexibility index (Phi) is 6.55. The number of nitrogens with one attached hydrogen (secondary N) is 2. The van der Waals surface area contributed by atoms with Gasteiger partial charge in [-0.05, 0) is 82.8 Å².